The van der Waals surface area contributed by atoms with Crippen LogP contribution in [-0.2, 0) is 9.53 Å². The fourth-order valence-electron chi connectivity index (χ4n) is 3.50. The maximum Gasteiger partial charge on any atom is 0.303 e. The molecule has 144 valence electrons. The molecule has 26 heavy (non-hydrogen) atoms. The van der Waals surface area contributed by atoms with E-state index in [9.17, 15) is 4.79 Å². The number of nitriles is 1. The highest BCUT2D eigenvalue weighted by Gasteiger charge is 2.41. The average molecular weight is 360 g/mol. The Morgan fingerprint density at radius 2 is 1.85 bits per heavy atom. The zero-order chi connectivity index (χ0) is 19.8. The van der Waals surface area contributed by atoms with E-state index in [-0.39, 0.29) is 11.6 Å². The predicted octanol–water partition coefficient (Wildman–Crippen LogP) is 4.71. The summed E-state index contributed by atoms with van der Waals surface area (Å²) in [6.07, 6.45) is 6.81. The standard InChI is InChI=1S/C15H21N3.C6H12O2/c1-3-7-15(8-4-2)11-18(12-15)14-6-5-13(9-16)10-17-14;1-5(7)8-6(2,3)4/h5-6,10H,3-4,7-8,11-12H2,1-2H3;1-4H3. The lowest BCUT2D eigenvalue weighted by atomic mass is 9.72. The molecule has 1 aliphatic heterocycles. The van der Waals surface area contributed by atoms with Crippen molar-refractivity contribution in [2.24, 2.45) is 5.41 Å². The number of ether oxygens (including phenoxy) is 1. The van der Waals surface area contributed by atoms with Crippen LogP contribution in [0.2, 0.25) is 0 Å². The van der Waals surface area contributed by atoms with Crippen LogP contribution in [0, 0.1) is 16.7 Å². The molecule has 1 saturated heterocycles. The predicted molar refractivity (Wildman–Crippen MR) is 105 cm³/mol. The van der Waals surface area contributed by atoms with E-state index in [4.69, 9.17) is 10.00 Å². The van der Waals surface area contributed by atoms with Crippen molar-refractivity contribution in [1.29, 1.82) is 5.26 Å². The van der Waals surface area contributed by atoms with Gasteiger partial charge in [-0.3, -0.25) is 4.79 Å². The maximum absolute atomic E-state index is 10.2. The van der Waals surface area contributed by atoms with E-state index < -0.39 is 0 Å². The molecule has 5 heteroatoms. The van der Waals surface area contributed by atoms with Crippen LogP contribution in [0.25, 0.3) is 0 Å². The molecule has 0 N–H and O–H groups in total. The number of hydrogen-bond acceptors (Lipinski definition) is 5. The number of aromatic nitrogens is 1. The Bertz CT molecular complexity index is 598. The molecule has 1 aromatic heterocycles. The van der Waals surface area contributed by atoms with Crippen molar-refractivity contribution in [3.05, 3.63) is 23.9 Å². The third kappa shape index (κ3) is 7.03. The lowest BCUT2D eigenvalue weighted by Crippen LogP contribution is -2.56. The number of nitrogens with zero attached hydrogens (tertiary/aromatic N) is 3. The summed E-state index contributed by atoms with van der Waals surface area (Å²) >= 11 is 0. The van der Waals surface area contributed by atoms with Crippen LogP contribution in [0.3, 0.4) is 0 Å². The van der Waals surface area contributed by atoms with Crippen molar-refractivity contribution in [3.63, 3.8) is 0 Å². The van der Waals surface area contributed by atoms with Gasteiger partial charge in [0.2, 0.25) is 0 Å². The molecule has 1 aromatic rings. The zero-order valence-electron chi connectivity index (χ0n) is 17.1. The summed E-state index contributed by atoms with van der Waals surface area (Å²) in [6.45, 7) is 13.7. The van der Waals surface area contributed by atoms with Crippen LogP contribution in [0.15, 0.2) is 18.3 Å². The van der Waals surface area contributed by atoms with Gasteiger partial charge in [0, 0.05) is 31.6 Å². The highest BCUT2D eigenvalue weighted by Crippen LogP contribution is 2.41. The first-order chi connectivity index (χ1) is 12.1. The highest BCUT2D eigenvalue weighted by molar-refractivity contribution is 5.66. The number of hydrogen-bond donors (Lipinski definition) is 0. The SMILES string of the molecule is CC(=O)OC(C)(C)C.CCCC1(CCC)CN(c2ccc(C#N)cn2)C1. The fraction of sp³-hybridized carbons (Fsp3) is 0.667. The van der Waals surface area contributed by atoms with E-state index in [2.05, 4.69) is 29.8 Å². The van der Waals surface area contributed by atoms with E-state index in [1.807, 2.05) is 32.9 Å². The molecule has 0 aromatic carbocycles. The van der Waals surface area contributed by atoms with Crippen molar-refractivity contribution in [2.75, 3.05) is 18.0 Å². The molecule has 0 amide bonds. The summed E-state index contributed by atoms with van der Waals surface area (Å²) in [6, 6.07) is 5.91. The number of pyridine rings is 1. The molecular formula is C21H33N3O2. The van der Waals surface area contributed by atoms with E-state index in [0.717, 1.165) is 18.9 Å². The van der Waals surface area contributed by atoms with E-state index >= 15 is 0 Å². The van der Waals surface area contributed by atoms with Crippen molar-refractivity contribution in [1.82, 2.24) is 4.98 Å². The van der Waals surface area contributed by atoms with Crippen molar-refractivity contribution < 1.29 is 9.53 Å². The average Bonchev–Trinajstić information content (AvgIpc) is 2.51. The molecule has 0 bridgehead atoms. The van der Waals surface area contributed by atoms with E-state index in [1.165, 1.54) is 32.6 Å². The molecule has 1 aliphatic rings. The smallest absolute Gasteiger partial charge is 0.303 e. The second-order valence-corrected chi connectivity index (χ2v) is 8.08. The summed E-state index contributed by atoms with van der Waals surface area (Å²) < 4.78 is 4.80. The summed E-state index contributed by atoms with van der Waals surface area (Å²) in [5, 5.41) is 8.76. The van der Waals surface area contributed by atoms with Gasteiger partial charge in [0.25, 0.3) is 0 Å². The van der Waals surface area contributed by atoms with Gasteiger partial charge in [-0.2, -0.15) is 5.26 Å². The van der Waals surface area contributed by atoms with Crippen LogP contribution in [0.4, 0.5) is 5.82 Å². The van der Waals surface area contributed by atoms with Crippen LogP contribution < -0.4 is 4.90 Å². The number of esters is 1. The van der Waals surface area contributed by atoms with Crippen molar-refractivity contribution in [2.45, 2.75) is 72.8 Å². The first-order valence-electron chi connectivity index (χ1n) is 9.45. The summed E-state index contributed by atoms with van der Waals surface area (Å²) in [5.41, 5.74) is 0.818. The molecule has 0 saturated carbocycles. The van der Waals surface area contributed by atoms with Crippen LogP contribution in [0.1, 0.15) is 72.8 Å². The molecule has 5 nitrogen and oxygen atoms in total. The Labute approximate surface area is 158 Å². The van der Waals surface area contributed by atoms with Gasteiger partial charge in [-0.1, -0.05) is 26.7 Å². The third-order valence-corrected chi connectivity index (χ3v) is 4.26. The Kier molecular flexibility index (Phi) is 8.08. The maximum atomic E-state index is 10.2. The molecule has 1 fully saturated rings. The van der Waals surface area contributed by atoms with Crippen molar-refractivity contribution >= 4 is 11.8 Å². The van der Waals surface area contributed by atoms with E-state index in [1.54, 1.807) is 6.20 Å². The van der Waals surface area contributed by atoms with Gasteiger partial charge in [0.1, 0.15) is 17.5 Å². The minimum atomic E-state index is -0.328. The molecule has 0 unspecified atom stereocenters. The summed E-state index contributed by atoms with van der Waals surface area (Å²) in [5.74, 6) is 0.786. The lowest BCUT2D eigenvalue weighted by Gasteiger charge is -2.51. The van der Waals surface area contributed by atoms with Gasteiger partial charge in [-0.05, 0) is 45.7 Å². The first-order valence-corrected chi connectivity index (χ1v) is 9.45. The summed E-state index contributed by atoms with van der Waals surface area (Å²) in [7, 11) is 0. The second-order valence-electron chi connectivity index (χ2n) is 8.08. The Morgan fingerprint density at radius 1 is 1.27 bits per heavy atom. The Balaban J connectivity index is 0.000000359. The van der Waals surface area contributed by atoms with Crippen LogP contribution >= 0.6 is 0 Å². The molecule has 0 spiro atoms. The number of carbonyl (C=O) groups is 1. The van der Waals surface area contributed by atoms with Crippen LogP contribution in [0.5, 0.6) is 0 Å². The van der Waals surface area contributed by atoms with E-state index in [0.29, 0.717) is 11.0 Å². The minimum absolute atomic E-state index is 0.225. The highest BCUT2D eigenvalue weighted by atomic mass is 16.6. The van der Waals surface area contributed by atoms with Crippen molar-refractivity contribution in [3.8, 4) is 6.07 Å². The Hall–Kier alpha value is -2.09. The van der Waals surface area contributed by atoms with Gasteiger partial charge in [-0.25, -0.2) is 4.98 Å². The van der Waals surface area contributed by atoms with Crippen LogP contribution in [-0.4, -0.2) is 29.6 Å². The third-order valence-electron chi connectivity index (χ3n) is 4.26. The topological polar surface area (TPSA) is 66.2 Å². The molecule has 0 radical (unpaired) electrons. The molecule has 2 rings (SSSR count). The molecular weight excluding hydrogens is 326 g/mol. The second kappa shape index (κ2) is 9.56. The Morgan fingerprint density at radius 3 is 2.15 bits per heavy atom. The quantitative estimate of drug-likeness (QED) is 0.712. The number of anilines is 1. The number of rotatable bonds is 5. The molecule has 0 aliphatic carbocycles. The largest absolute Gasteiger partial charge is 0.460 e. The minimum Gasteiger partial charge on any atom is -0.460 e. The molecule has 2 heterocycles. The van der Waals surface area contributed by atoms with Gasteiger partial charge in [0.05, 0.1) is 5.56 Å². The zero-order valence-corrected chi connectivity index (χ0v) is 17.1. The van der Waals surface area contributed by atoms with Gasteiger partial charge >= 0.3 is 5.97 Å². The summed E-state index contributed by atoms with van der Waals surface area (Å²) in [4.78, 5) is 16.9. The van der Waals surface area contributed by atoms with Gasteiger partial charge in [-0.15, -0.1) is 0 Å². The lowest BCUT2D eigenvalue weighted by molar-refractivity contribution is -0.151. The number of carbonyl (C=O) groups excluding carboxylic acids is 1. The molecule has 0 atom stereocenters. The normalized spacial score (nSPS) is 15.2. The van der Waals surface area contributed by atoms with Gasteiger partial charge < -0.3 is 9.64 Å². The fourth-order valence-corrected chi connectivity index (χ4v) is 3.50. The first kappa shape index (κ1) is 22.0. The monoisotopic (exact) mass is 359 g/mol. The van der Waals surface area contributed by atoms with Gasteiger partial charge in [0.15, 0.2) is 0 Å².